The molecule has 160 valence electrons. The predicted molar refractivity (Wildman–Crippen MR) is 127 cm³/mol. The molecule has 0 aliphatic carbocycles. The largest absolute Gasteiger partial charge is 0.493 e. The van der Waals surface area contributed by atoms with Crippen LogP contribution in [0.1, 0.15) is 36.5 Å². The molecule has 0 radical (unpaired) electrons. The lowest BCUT2D eigenvalue weighted by molar-refractivity contribution is -0.123. The number of hydrogen-bond donors (Lipinski definition) is 0. The van der Waals surface area contributed by atoms with Gasteiger partial charge in [-0.25, -0.2) is 0 Å². The monoisotopic (exact) mass is 442 g/mol. The molecule has 0 atom stereocenters. The first-order chi connectivity index (χ1) is 15.6. The number of amides is 2. The van der Waals surface area contributed by atoms with Gasteiger partial charge in [-0.05, 0) is 52.7 Å². The Kier molecular flexibility index (Phi) is 6.58. The van der Waals surface area contributed by atoms with Gasteiger partial charge in [0.2, 0.25) is 0 Å². The van der Waals surface area contributed by atoms with Crippen LogP contribution in [0.5, 0.6) is 5.75 Å². The highest BCUT2D eigenvalue weighted by Crippen LogP contribution is 2.37. The Morgan fingerprint density at radius 2 is 1.84 bits per heavy atom. The van der Waals surface area contributed by atoms with Gasteiger partial charge in [0.05, 0.1) is 29.7 Å². The molecule has 0 bridgehead atoms. The molecule has 5 nitrogen and oxygen atoms in total. The molecule has 2 amide bonds. The number of fused-ring (bicyclic) bond motifs is 1. The van der Waals surface area contributed by atoms with Crippen LogP contribution in [-0.2, 0) is 11.3 Å². The number of nitrogens with zero attached hydrogens (tertiary/aromatic N) is 2. The molecule has 1 saturated heterocycles. The lowest BCUT2D eigenvalue weighted by atomic mass is 10.0. The SMILES string of the molecule is CCCCOc1ccc2ccccc2c1/C=C1\SC(=O)N(Cc2ccccc2C#N)C1=O. The molecule has 0 aromatic heterocycles. The zero-order chi connectivity index (χ0) is 22.5. The number of thioether (sulfide) groups is 1. The van der Waals surface area contributed by atoms with Crippen LogP contribution in [0, 0.1) is 11.3 Å². The van der Waals surface area contributed by atoms with E-state index in [2.05, 4.69) is 13.0 Å². The summed E-state index contributed by atoms with van der Waals surface area (Å²) in [6, 6.07) is 20.9. The Bertz CT molecular complexity index is 1260. The number of imide groups is 1. The number of carbonyl (C=O) groups excluding carboxylic acids is 2. The minimum Gasteiger partial charge on any atom is -0.493 e. The Morgan fingerprint density at radius 3 is 2.66 bits per heavy atom. The van der Waals surface area contributed by atoms with Crippen molar-refractivity contribution in [2.24, 2.45) is 0 Å². The van der Waals surface area contributed by atoms with E-state index in [-0.39, 0.29) is 17.7 Å². The van der Waals surface area contributed by atoms with Crippen LogP contribution in [0.15, 0.2) is 65.6 Å². The standard InChI is InChI=1S/C26H22N2O3S/c1-2-3-14-31-23-13-12-18-8-6-7-11-21(18)22(23)15-24-25(29)28(26(30)32-24)17-20-10-5-4-9-19(20)16-27/h4-13,15H,2-3,14,17H2,1H3/b24-15-. The summed E-state index contributed by atoms with van der Waals surface area (Å²) in [7, 11) is 0. The number of carbonyl (C=O) groups is 2. The van der Waals surface area contributed by atoms with E-state index >= 15 is 0 Å². The first-order valence-corrected chi connectivity index (χ1v) is 11.3. The van der Waals surface area contributed by atoms with Gasteiger partial charge in [0.15, 0.2) is 0 Å². The maximum atomic E-state index is 13.1. The minimum absolute atomic E-state index is 0.0706. The number of hydrogen-bond acceptors (Lipinski definition) is 5. The molecule has 1 aliphatic rings. The summed E-state index contributed by atoms with van der Waals surface area (Å²) in [5.74, 6) is 0.332. The summed E-state index contributed by atoms with van der Waals surface area (Å²) < 4.78 is 6.01. The Labute approximate surface area is 191 Å². The number of ether oxygens (including phenoxy) is 1. The second-order valence-electron chi connectivity index (χ2n) is 7.44. The molecule has 0 unspecified atom stereocenters. The smallest absolute Gasteiger partial charge is 0.293 e. The summed E-state index contributed by atoms with van der Waals surface area (Å²) in [6.07, 6.45) is 3.71. The molecule has 3 aromatic rings. The van der Waals surface area contributed by atoms with Gasteiger partial charge in [-0.1, -0.05) is 61.9 Å². The molecule has 32 heavy (non-hydrogen) atoms. The molecular weight excluding hydrogens is 420 g/mol. The highest BCUT2D eigenvalue weighted by atomic mass is 32.2. The summed E-state index contributed by atoms with van der Waals surface area (Å²) in [6.45, 7) is 2.76. The van der Waals surface area contributed by atoms with Crippen LogP contribution >= 0.6 is 11.8 Å². The van der Waals surface area contributed by atoms with Gasteiger partial charge in [0, 0.05) is 5.56 Å². The Morgan fingerprint density at radius 1 is 1.06 bits per heavy atom. The van der Waals surface area contributed by atoms with E-state index in [0.717, 1.165) is 40.9 Å². The van der Waals surface area contributed by atoms with Crippen molar-refractivity contribution in [1.82, 2.24) is 4.90 Å². The molecule has 3 aromatic carbocycles. The third kappa shape index (κ3) is 4.39. The molecule has 0 saturated carbocycles. The second-order valence-corrected chi connectivity index (χ2v) is 8.43. The van der Waals surface area contributed by atoms with E-state index in [1.54, 1.807) is 30.3 Å². The van der Waals surface area contributed by atoms with E-state index in [4.69, 9.17) is 4.74 Å². The molecule has 6 heteroatoms. The van der Waals surface area contributed by atoms with Crippen LogP contribution < -0.4 is 4.74 Å². The predicted octanol–water partition coefficient (Wildman–Crippen LogP) is 6.13. The topological polar surface area (TPSA) is 70.4 Å². The summed E-state index contributed by atoms with van der Waals surface area (Å²) in [4.78, 5) is 27.3. The van der Waals surface area contributed by atoms with Gasteiger partial charge < -0.3 is 4.74 Å². The third-order valence-electron chi connectivity index (χ3n) is 5.30. The quantitative estimate of drug-likeness (QED) is 0.325. The second kappa shape index (κ2) is 9.71. The van der Waals surface area contributed by atoms with Gasteiger partial charge in [-0.15, -0.1) is 0 Å². The van der Waals surface area contributed by atoms with Crippen LogP contribution in [-0.4, -0.2) is 22.7 Å². The van der Waals surface area contributed by atoms with Crippen LogP contribution in [0.25, 0.3) is 16.8 Å². The van der Waals surface area contributed by atoms with E-state index in [9.17, 15) is 14.9 Å². The van der Waals surface area contributed by atoms with Crippen molar-refractivity contribution < 1.29 is 14.3 Å². The average Bonchev–Trinajstić information content (AvgIpc) is 3.08. The molecule has 0 spiro atoms. The lowest BCUT2D eigenvalue weighted by Gasteiger charge is -2.14. The van der Waals surface area contributed by atoms with Crippen molar-refractivity contribution in [3.05, 3.63) is 82.3 Å². The van der Waals surface area contributed by atoms with Crippen LogP contribution in [0.4, 0.5) is 4.79 Å². The fourth-order valence-corrected chi connectivity index (χ4v) is 4.40. The van der Waals surface area contributed by atoms with E-state index in [1.807, 2.05) is 36.4 Å². The van der Waals surface area contributed by atoms with Crippen molar-refractivity contribution in [3.8, 4) is 11.8 Å². The first kappa shape index (κ1) is 21.7. The molecule has 1 heterocycles. The molecule has 1 fully saturated rings. The maximum Gasteiger partial charge on any atom is 0.293 e. The average molecular weight is 443 g/mol. The van der Waals surface area contributed by atoms with Crippen molar-refractivity contribution in [1.29, 1.82) is 5.26 Å². The number of benzene rings is 3. The van der Waals surface area contributed by atoms with Gasteiger partial charge in [-0.2, -0.15) is 5.26 Å². The molecule has 0 N–H and O–H groups in total. The van der Waals surface area contributed by atoms with Crippen LogP contribution in [0.2, 0.25) is 0 Å². The minimum atomic E-state index is -0.361. The number of nitriles is 1. The van der Waals surface area contributed by atoms with Crippen molar-refractivity contribution in [2.75, 3.05) is 6.61 Å². The van der Waals surface area contributed by atoms with Gasteiger partial charge in [-0.3, -0.25) is 14.5 Å². The Balaban J connectivity index is 1.69. The van der Waals surface area contributed by atoms with Crippen molar-refractivity contribution in [2.45, 2.75) is 26.3 Å². The van der Waals surface area contributed by atoms with Gasteiger partial charge in [0.1, 0.15) is 5.75 Å². The highest BCUT2D eigenvalue weighted by molar-refractivity contribution is 8.18. The fraction of sp³-hybridized carbons (Fsp3) is 0.192. The van der Waals surface area contributed by atoms with Crippen molar-refractivity contribution >= 4 is 39.8 Å². The van der Waals surface area contributed by atoms with Crippen molar-refractivity contribution in [3.63, 3.8) is 0 Å². The Hall–Kier alpha value is -3.56. The van der Waals surface area contributed by atoms with E-state index in [1.165, 1.54) is 4.90 Å². The molecule has 1 aliphatic heterocycles. The highest BCUT2D eigenvalue weighted by Gasteiger charge is 2.35. The molecule has 4 rings (SSSR count). The summed E-state index contributed by atoms with van der Waals surface area (Å²) in [5, 5.41) is 11.0. The number of rotatable bonds is 7. The number of unbranched alkanes of at least 4 members (excludes halogenated alkanes) is 1. The van der Waals surface area contributed by atoms with Crippen LogP contribution in [0.3, 0.4) is 0 Å². The zero-order valence-corrected chi connectivity index (χ0v) is 18.5. The normalized spacial score (nSPS) is 14.9. The van der Waals surface area contributed by atoms with Gasteiger partial charge in [0.25, 0.3) is 11.1 Å². The maximum absolute atomic E-state index is 13.1. The molecular formula is C26H22N2O3S. The summed E-state index contributed by atoms with van der Waals surface area (Å²) >= 11 is 0.915. The van der Waals surface area contributed by atoms with E-state index < -0.39 is 0 Å². The first-order valence-electron chi connectivity index (χ1n) is 10.5. The zero-order valence-electron chi connectivity index (χ0n) is 17.7. The third-order valence-corrected chi connectivity index (χ3v) is 6.21. The fourth-order valence-electron chi connectivity index (χ4n) is 3.58. The van der Waals surface area contributed by atoms with E-state index in [0.29, 0.717) is 28.4 Å². The summed E-state index contributed by atoms with van der Waals surface area (Å²) in [5.41, 5.74) is 1.89. The van der Waals surface area contributed by atoms with Gasteiger partial charge >= 0.3 is 0 Å². The lowest BCUT2D eigenvalue weighted by Crippen LogP contribution is -2.27.